The van der Waals surface area contributed by atoms with E-state index in [1.165, 1.54) is 32.4 Å². The predicted molar refractivity (Wildman–Crippen MR) is 122 cm³/mol. The molecule has 0 aromatic heterocycles. The number of hydrogen-bond acceptors (Lipinski definition) is 3. The van der Waals surface area contributed by atoms with Crippen molar-refractivity contribution in [3.63, 3.8) is 0 Å². The molecule has 6 nitrogen and oxygen atoms in total. The van der Waals surface area contributed by atoms with E-state index in [4.69, 9.17) is 4.99 Å². The van der Waals surface area contributed by atoms with E-state index in [-0.39, 0.29) is 11.4 Å². The number of amides is 1. The lowest BCUT2D eigenvalue weighted by Crippen LogP contribution is -2.49. The lowest BCUT2D eigenvalue weighted by Gasteiger charge is -2.40. The van der Waals surface area contributed by atoms with Gasteiger partial charge in [-0.15, -0.1) is 0 Å². The number of carbonyl (C=O) groups is 1. The van der Waals surface area contributed by atoms with Crippen molar-refractivity contribution in [3.8, 4) is 0 Å². The van der Waals surface area contributed by atoms with Gasteiger partial charge in [-0.2, -0.15) is 0 Å². The molecular weight excluding hydrogens is 362 g/mol. The quantitative estimate of drug-likeness (QED) is 0.519. The van der Waals surface area contributed by atoms with Crippen molar-refractivity contribution in [2.45, 2.75) is 52.0 Å². The molecule has 1 aromatic carbocycles. The van der Waals surface area contributed by atoms with Crippen molar-refractivity contribution in [1.82, 2.24) is 20.4 Å². The summed E-state index contributed by atoms with van der Waals surface area (Å²) >= 11 is 0. The molecule has 2 rings (SSSR count). The Balaban J connectivity index is 1.91. The van der Waals surface area contributed by atoms with Crippen LogP contribution in [0.25, 0.3) is 0 Å². The maximum absolute atomic E-state index is 12.2. The van der Waals surface area contributed by atoms with Gasteiger partial charge in [0.15, 0.2) is 5.96 Å². The van der Waals surface area contributed by atoms with Gasteiger partial charge in [0.2, 0.25) is 0 Å². The molecule has 1 aromatic rings. The summed E-state index contributed by atoms with van der Waals surface area (Å²) in [4.78, 5) is 21.2. The number of guanidine groups is 1. The van der Waals surface area contributed by atoms with Crippen molar-refractivity contribution in [2.75, 3.05) is 46.8 Å². The minimum atomic E-state index is 0.0367. The van der Waals surface area contributed by atoms with Gasteiger partial charge < -0.3 is 15.5 Å². The fourth-order valence-corrected chi connectivity index (χ4v) is 3.66. The minimum absolute atomic E-state index is 0.0367. The average molecular weight is 402 g/mol. The normalized spacial score (nSPS) is 15.8. The van der Waals surface area contributed by atoms with E-state index in [1.807, 2.05) is 18.2 Å². The number of carbonyl (C=O) groups excluding carboxylic acids is 1. The Bertz CT molecular complexity index is 678. The number of piperidine rings is 1. The molecule has 1 aliphatic rings. The molecule has 0 atom stereocenters. The van der Waals surface area contributed by atoms with Crippen LogP contribution < -0.4 is 10.6 Å². The molecule has 1 amide bonds. The molecular formula is C23H39N5O. The highest BCUT2D eigenvalue weighted by Crippen LogP contribution is 2.20. The Labute approximate surface area is 176 Å². The van der Waals surface area contributed by atoms with E-state index in [9.17, 15) is 4.79 Å². The van der Waals surface area contributed by atoms with E-state index in [1.54, 1.807) is 19.0 Å². The zero-order chi connectivity index (χ0) is 21.3. The second-order valence-electron chi connectivity index (χ2n) is 8.63. The lowest BCUT2D eigenvalue weighted by atomic mass is 9.99. The number of rotatable bonds is 8. The molecule has 162 valence electrons. The molecule has 0 spiro atoms. The van der Waals surface area contributed by atoms with Gasteiger partial charge >= 0.3 is 0 Å². The van der Waals surface area contributed by atoms with Crippen molar-refractivity contribution in [1.29, 1.82) is 0 Å². The van der Waals surface area contributed by atoms with E-state index in [0.29, 0.717) is 0 Å². The first-order valence-electron chi connectivity index (χ1n) is 10.9. The molecule has 0 unspecified atom stereocenters. The molecule has 0 bridgehead atoms. The average Bonchev–Trinajstić information content (AvgIpc) is 2.72. The predicted octanol–water partition coefficient (Wildman–Crippen LogP) is 2.75. The third kappa shape index (κ3) is 7.35. The largest absolute Gasteiger partial charge is 0.357 e. The first kappa shape index (κ1) is 23.2. The zero-order valence-electron chi connectivity index (χ0n) is 18.9. The summed E-state index contributed by atoms with van der Waals surface area (Å²) in [5.41, 5.74) is 1.95. The van der Waals surface area contributed by atoms with Crippen LogP contribution >= 0.6 is 0 Å². The summed E-state index contributed by atoms with van der Waals surface area (Å²) in [5.74, 6) is 0.896. The number of aliphatic imine (C=N–C) groups is 1. The number of hydrogen-bond donors (Lipinski definition) is 2. The van der Waals surface area contributed by atoms with Gasteiger partial charge in [-0.25, -0.2) is 0 Å². The monoisotopic (exact) mass is 401 g/mol. The van der Waals surface area contributed by atoms with Gasteiger partial charge in [0.05, 0.1) is 6.54 Å². The van der Waals surface area contributed by atoms with Gasteiger partial charge in [-0.1, -0.05) is 18.6 Å². The zero-order valence-corrected chi connectivity index (χ0v) is 18.9. The fourth-order valence-electron chi connectivity index (χ4n) is 3.66. The fraction of sp³-hybridized carbons (Fsp3) is 0.652. The van der Waals surface area contributed by atoms with Crippen LogP contribution in [0.3, 0.4) is 0 Å². The maximum Gasteiger partial charge on any atom is 0.253 e. The summed E-state index contributed by atoms with van der Waals surface area (Å²) in [7, 11) is 3.56. The first-order valence-corrected chi connectivity index (χ1v) is 10.9. The van der Waals surface area contributed by atoms with Gasteiger partial charge in [0, 0.05) is 38.3 Å². The molecule has 2 N–H and O–H groups in total. The number of benzene rings is 1. The van der Waals surface area contributed by atoms with E-state index in [2.05, 4.69) is 42.4 Å². The highest BCUT2D eigenvalue weighted by atomic mass is 16.2. The van der Waals surface area contributed by atoms with Crippen LogP contribution in [0.15, 0.2) is 29.3 Å². The van der Waals surface area contributed by atoms with E-state index in [0.717, 1.165) is 43.1 Å². The minimum Gasteiger partial charge on any atom is -0.357 e. The summed E-state index contributed by atoms with van der Waals surface area (Å²) < 4.78 is 0. The molecule has 1 fully saturated rings. The Morgan fingerprint density at radius 2 is 1.90 bits per heavy atom. The summed E-state index contributed by atoms with van der Waals surface area (Å²) in [6.45, 7) is 11.4. The SMILES string of the molecule is CCNC(=NCC(C)(C)N1CCCCC1)NCCc1cccc(C(=O)N(C)C)c1. The third-order valence-electron chi connectivity index (χ3n) is 5.47. The smallest absolute Gasteiger partial charge is 0.253 e. The maximum atomic E-state index is 12.2. The van der Waals surface area contributed by atoms with Gasteiger partial charge in [0.1, 0.15) is 0 Å². The topological polar surface area (TPSA) is 60.0 Å². The second kappa shape index (κ2) is 11.2. The molecule has 1 heterocycles. The molecule has 0 aliphatic carbocycles. The van der Waals surface area contributed by atoms with Gasteiger partial charge in [0.25, 0.3) is 5.91 Å². The van der Waals surface area contributed by atoms with E-state index >= 15 is 0 Å². The Hall–Kier alpha value is -2.08. The van der Waals surface area contributed by atoms with Crippen molar-refractivity contribution in [3.05, 3.63) is 35.4 Å². The molecule has 1 saturated heterocycles. The lowest BCUT2D eigenvalue weighted by molar-refractivity contribution is 0.0827. The summed E-state index contributed by atoms with van der Waals surface area (Å²) in [6.07, 6.45) is 4.78. The van der Waals surface area contributed by atoms with E-state index < -0.39 is 0 Å². The van der Waals surface area contributed by atoms with Crippen LogP contribution in [0.5, 0.6) is 0 Å². The van der Waals surface area contributed by atoms with Gasteiger partial charge in [-0.05, 0) is 70.8 Å². The van der Waals surface area contributed by atoms with Gasteiger partial charge in [-0.3, -0.25) is 14.7 Å². The number of nitrogens with zero attached hydrogens (tertiary/aromatic N) is 3. The highest BCUT2D eigenvalue weighted by Gasteiger charge is 2.27. The van der Waals surface area contributed by atoms with Crippen LogP contribution in [0.4, 0.5) is 0 Å². The van der Waals surface area contributed by atoms with Crippen LogP contribution in [0.1, 0.15) is 56.0 Å². The molecule has 0 radical (unpaired) electrons. The standard InChI is InChI=1S/C23H39N5O/c1-6-24-22(26-18-23(2,3)28-15-8-7-9-16-28)25-14-13-19-11-10-12-20(17-19)21(29)27(4)5/h10-12,17H,6-9,13-16,18H2,1-5H3,(H2,24,25,26). The third-order valence-corrected chi connectivity index (χ3v) is 5.47. The van der Waals surface area contributed by atoms with Crippen molar-refractivity contribution >= 4 is 11.9 Å². The molecule has 6 heteroatoms. The van der Waals surface area contributed by atoms with Crippen molar-refractivity contribution < 1.29 is 4.79 Å². The first-order chi connectivity index (χ1) is 13.8. The van der Waals surface area contributed by atoms with Crippen molar-refractivity contribution in [2.24, 2.45) is 4.99 Å². The van der Waals surface area contributed by atoms with Crippen LogP contribution in [-0.2, 0) is 6.42 Å². The number of nitrogens with one attached hydrogen (secondary N) is 2. The van der Waals surface area contributed by atoms with Crippen LogP contribution in [0.2, 0.25) is 0 Å². The Morgan fingerprint density at radius 3 is 2.55 bits per heavy atom. The number of likely N-dealkylation sites (tertiary alicyclic amines) is 1. The second-order valence-corrected chi connectivity index (χ2v) is 8.63. The Morgan fingerprint density at radius 1 is 1.17 bits per heavy atom. The summed E-state index contributed by atoms with van der Waals surface area (Å²) in [6, 6.07) is 7.87. The molecule has 0 saturated carbocycles. The van der Waals surface area contributed by atoms with Crippen LogP contribution in [0, 0.1) is 0 Å². The molecule has 1 aliphatic heterocycles. The Kier molecular flexibility index (Phi) is 8.96. The highest BCUT2D eigenvalue weighted by molar-refractivity contribution is 5.94. The summed E-state index contributed by atoms with van der Waals surface area (Å²) in [5, 5.41) is 6.79. The molecule has 29 heavy (non-hydrogen) atoms. The van der Waals surface area contributed by atoms with Crippen LogP contribution in [-0.4, -0.2) is 74.0 Å².